The molecule has 0 bridgehead atoms. The first-order valence-corrected chi connectivity index (χ1v) is 14.8. The van der Waals surface area contributed by atoms with Crippen LogP contribution in [0, 0.1) is 13.8 Å². The number of rotatable bonds is 14. The van der Waals surface area contributed by atoms with E-state index >= 15 is 0 Å². The van der Waals surface area contributed by atoms with E-state index in [-0.39, 0.29) is 11.1 Å². The summed E-state index contributed by atoms with van der Waals surface area (Å²) in [4.78, 5) is 25.3. The van der Waals surface area contributed by atoms with Gasteiger partial charge in [0.25, 0.3) is 0 Å². The molecule has 0 aliphatic rings. The van der Waals surface area contributed by atoms with Gasteiger partial charge in [-0.3, -0.25) is 0 Å². The molecule has 8 heteroatoms. The van der Waals surface area contributed by atoms with Crippen LogP contribution in [0.2, 0.25) is 0 Å². The van der Waals surface area contributed by atoms with Gasteiger partial charge in [-0.1, -0.05) is 35.4 Å². The lowest BCUT2D eigenvalue weighted by molar-refractivity contribution is 0.0720. The Morgan fingerprint density at radius 2 is 0.609 bits per heavy atom. The van der Waals surface area contributed by atoms with Crippen molar-refractivity contribution in [1.29, 1.82) is 0 Å². The van der Waals surface area contributed by atoms with Crippen molar-refractivity contribution in [3.8, 4) is 34.5 Å². The number of carbonyl (C=O) groups excluding carboxylic acids is 2. The third-order valence-electron chi connectivity index (χ3n) is 6.71. The van der Waals surface area contributed by atoms with Gasteiger partial charge >= 0.3 is 11.9 Å². The Bertz CT molecular complexity index is 1560. The summed E-state index contributed by atoms with van der Waals surface area (Å²) in [5, 5.41) is 0. The predicted octanol–water partition coefficient (Wildman–Crippen LogP) is 7.66. The van der Waals surface area contributed by atoms with Crippen molar-refractivity contribution < 1.29 is 38.0 Å². The zero-order chi connectivity index (χ0) is 32.1. The molecule has 0 radical (unpaired) electrons. The maximum absolute atomic E-state index is 12.6. The summed E-state index contributed by atoms with van der Waals surface area (Å²) < 4.78 is 33.6. The van der Waals surface area contributed by atoms with E-state index in [9.17, 15) is 9.59 Å². The highest BCUT2D eigenvalue weighted by Gasteiger charge is 2.13. The van der Waals surface area contributed by atoms with Crippen LogP contribution >= 0.6 is 0 Å². The van der Waals surface area contributed by atoms with Crippen LogP contribution in [0.15, 0.2) is 121 Å². The summed E-state index contributed by atoms with van der Waals surface area (Å²) in [5.41, 5.74) is 2.92. The van der Waals surface area contributed by atoms with Gasteiger partial charge in [0.2, 0.25) is 0 Å². The lowest BCUT2D eigenvalue weighted by Gasteiger charge is -2.10. The van der Waals surface area contributed by atoms with Gasteiger partial charge < -0.3 is 28.4 Å². The molecule has 0 N–H and O–H groups in total. The highest BCUT2D eigenvalue weighted by molar-refractivity contribution is 5.94. The number of aryl methyl sites for hydroxylation is 2. The molecule has 46 heavy (non-hydrogen) atoms. The monoisotopic (exact) mass is 618 g/mol. The molecule has 0 unspecified atom stereocenters. The van der Waals surface area contributed by atoms with Gasteiger partial charge in [-0.15, -0.1) is 0 Å². The van der Waals surface area contributed by atoms with E-state index in [1.165, 1.54) is 35.4 Å². The fraction of sp³-hybridized carbons (Fsp3) is 0.158. The molecule has 5 aromatic rings. The summed E-state index contributed by atoms with van der Waals surface area (Å²) in [7, 11) is 0. The van der Waals surface area contributed by atoms with Crippen molar-refractivity contribution in [2.45, 2.75) is 13.8 Å². The zero-order valence-corrected chi connectivity index (χ0v) is 25.6. The molecule has 5 aromatic carbocycles. The maximum Gasteiger partial charge on any atom is 0.343 e. The average molecular weight is 619 g/mol. The first kappa shape index (κ1) is 31.7. The molecular formula is C38H34O8. The van der Waals surface area contributed by atoms with Gasteiger partial charge in [0.1, 0.15) is 60.9 Å². The fourth-order valence-electron chi connectivity index (χ4n) is 4.19. The summed E-state index contributed by atoms with van der Waals surface area (Å²) in [6.45, 7) is 5.58. The van der Waals surface area contributed by atoms with Crippen LogP contribution in [-0.4, -0.2) is 38.4 Å². The van der Waals surface area contributed by atoms with Gasteiger partial charge in [0.15, 0.2) is 0 Å². The van der Waals surface area contributed by atoms with E-state index in [2.05, 4.69) is 0 Å². The van der Waals surface area contributed by atoms with Crippen molar-refractivity contribution in [3.63, 3.8) is 0 Å². The predicted molar refractivity (Wildman–Crippen MR) is 174 cm³/mol. The van der Waals surface area contributed by atoms with E-state index in [4.69, 9.17) is 28.4 Å². The SMILES string of the molecule is Cc1ccc(OCCOc2ccc(OC(=O)c3ccc(C(=O)Oc4ccc(OCCOc5ccc(C)cc5)cc4)cc3)cc2)cc1. The van der Waals surface area contributed by atoms with Crippen LogP contribution in [-0.2, 0) is 0 Å². The van der Waals surface area contributed by atoms with Crippen molar-refractivity contribution in [2.75, 3.05) is 26.4 Å². The third kappa shape index (κ3) is 9.62. The number of hydrogen-bond acceptors (Lipinski definition) is 8. The number of ether oxygens (including phenoxy) is 6. The molecule has 0 amide bonds. The Morgan fingerprint density at radius 3 is 0.891 bits per heavy atom. The topological polar surface area (TPSA) is 89.5 Å². The normalized spacial score (nSPS) is 10.5. The standard InChI is InChI=1S/C38H34O8/c1-27-3-11-31(12-4-27)41-23-25-43-33-15-19-35(20-16-33)45-37(39)29-7-9-30(10-8-29)38(40)46-36-21-17-34(18-22-36)44-26-24-42-32-13-5-28(2)6-14-32/h3-22H,23-26H2,1-2H3. The maximum atomic E-state index is 12.6. The van der Waals surface area contributed by atoms with Crippen LogP contribution in [0.4, 0.5) is 0 Å². The summed E-state index contributed by atoms with van der Waals surface area (Å²) in [6, 6.07) is 35.1. The van der Waals surface area contributed by atoms with Gasteiger partial charge in [-0.2, -0.15) is 0 Å². The average Bonchev–Trinajstić information content (AvgIpc) is 3.08. The Hall–Kier alpha value is -5.76. The minimum atomic E-state index is -0.556. The number of esters is 2. The van der Waals surface area contributed by atoms with E-state index in [0.717, 1.165) is 11.5 Å². The lowest BCUT2D eigenvalue weighted by Crippen LogP contribution is -2.11. The smallest absolute Gasteiger partial charge is 0.343 e. The minimum absolute atomic E-state index is 0.290. The summed E-state index contributed by atoms with van der Waals surface area (Å²) in [5.74, 6) is 2.44. The first-order valence-electron chi connectivity index (χ1n) is 14.8. The number of carbonyl (C=O) groups is 2. The summed E-state index contributed by atoms with van der Waals surface area (Å²) >= 11 is 0. The van der Waals surface area contributed by atoms with Crippen LogP contribution < -0.4 is 28.4 Å². The van der Waals surface area contributed by atoms with E-state index in [1.54, 1.807) is 48.5 Å². The quantitative estimate of drug-likeness (QED) is 0.0712. The Balaban J connectivity index is 1.02. The molecule has 8 nitrogen and oxygen atoms in total. The highest BCUT2D eigenvalue weighted by atomic mass is 16.5. The molecule has 0 aliphatic heterocycles. The molecule has 0 saturated carbocycles. The van der Waals surface area contributed by atoms with Crippen LogP contribution in [0.25, 0.3) is 0 Å². The molecule has 0 heterocycles. The molecule has 5 rings (SSSR count). The van der Waals surface area contributed by atoms with E-state index in [0.29, 0.717) is 49.4 Å². The second-order valence-corrected chi connectivity index (χ2v) is 10.3. The summed E-state index contributed by atoms with van der Waals surface area (Å²) in [6.07, 6.45) is 0. The molecule has 0 saturated heterocycles. The Morgan fingerprint density at radius 1 is 0.370 bits per heavy atom. The van der Waals surface area contributed by atoms with Crippen molar-refractivity contribution in [2.24, 2.45) is 0 Å². The second kappa shape index (κ2) is 15.8. The van der Waals surface area contributed by atoms with Gasteiger partial charge in [-0.05, 0) is 111 Å². The van der Waals surface area contributed by atoms with Gasteiger partial charge in [-0.25, -0.2) is 9.59 Å². The van der Waals surface area contributed by atoms with Gasteiger partial charge in [0.05, 0.1) is 11.1 Å². The van der Waals surface area contributed by atoms with Gasteiger partial charge in [0, 0.05) is 0 Å². The largest absolute Gasteiger partial charge is 0.490 e. The van der Waals surface area contributed by atoms with Crippen molar-refractivity contribution >= 4 is 11.9 Å². The molecular weight excluding hydrogens is 584 g/mol. The molecule has 0 aromatic heterocycles. The molecule has 0 spiro atoms. The van der Waals surface area contributed by atoms with Crippen molar-refractivity contribution in [3.05, 3.63) is 144 Å². The first-order chi connectivity index (χ1) is 22.4. The fourth-order valence-corrected chi connectivity index (χ4v) is 4.19. The Kier molecular flexibility index (Phi) is 10.9. The van der Waals surface area contributed by atoms with E-state index in [1.807, 2.05) is 62.4 Å². The van der Waals surface area contributed by atoms with Crippen LogP contribution in [0.1, 0.15) is 31.8 Å². The molecule has 0 fully saturated rings. The molecule has 0 atom stereocenters. The van der Waals surface area contributed by atoms with Crippen molar-refractivity contribution in [1.82, 2.24) is 0 Å². The lowest BCUT2D eigenvalue weighted by atomic mass is 10.1. The van der Waals surface area contributed by atoms with Crippen LogP contribution in [0.5, 0.6) is 34.5 Å². The number of benzene rings is 5. The second-order valence-electron chi connectivity index (χ2n) is 10.3. The number of hydrogen-bond donors (Lipinski definition) is 0. The van der Waals surface area contributed by atoms with Crippen LogP contribution in [0.3, 0.4) is 0 Å². The zero-order valence-electron chi connectivity index (χ0n) is 25.6. The third-order valence-corrected chi connectivity index (χ3v) is 6.71. The minimum Gasteiger partial charge on any atom is -0.490 e. The Labute approximate surface area is 268 Å². The highest BCUT2D eigenvalue weighted by Crippen LogP contribution is 2.21. The molecule has 234 valence electrons. The van der Waals surface area contributed by atoms with E-state index < -0.39 is 11.9 Å². The molecule has 0 aliphatic carbocycles.